The van der Waals surface area contributed by atoms with Crippen molar-refractivity contribution in [3.05, 3.63) is 59.2 Å². The summed E-state index contributed by atoms with van der Waals surface area (Å²) in [5.41, 5.74) is 1.78. The number of methoxy groups -OCH3 is 1. The van der Waals surface area contributed by atoms with E-state index in [0.29, 0.717) is 11.3 Å². The zero-order valence-corrected chi connectivity index (χ0v) is 15.7. The first-order chi connectivity index (χ1) is 13.3. The third-order valence-electron chi connectivity index (χ3n) is 3.85. The van der Waals surface area contributed by atoms with Crippen molar-refractivity contribution >= 4 is 23.6 Å². The molecule has 28 heavy (non-hydrogen) atoms. The van der Waals surface area contributed by atoms with Crippen molar-refractivity contribution in [3.63, 3.8) is 0 Å². The summed E-state index contributed by atoms with van der Waals surface area (Å²) in [6.45, 7) is 3.30. The number of hydrogen-bond donors (Lipinski definition) is 2. The Balaban J connectivity index is 2.37. The van der Waals surface area contributed by atoms with Gasteiger partial charge in [0.15, 0.2) is 17.6 Å². The fourth-order valence-corrected chi connectivity index (χ4v) is 2.30. The molecule has 0 unspecified atom stereocenters. The predicted octanol–water partition coefficient (Wildman–Crippen LogP) is 3.40. The summed E-state index contributed by atoms with van der Waals surface area (Å²) in [5.74, 6) is -1.32. The molecule has 1 amide bonds. The molecule has 0 aromatic heterocycles. The molecule has 0 aliphatic rings. The van der Waals surface area contributed by atoms with Crippen molar-refractivity contribution in [1.29, 1.82) is 5.26 Å². The standard InChI is InChI=1S/C21H20N2O5/c1-13-7-9-17(10-8-13)23-20(24)16(12-22)11-15-5-4-6-18(27-3)19(15)28-14(2)21(25)26/h4-11,14H,1-3H3,(H,23,24)(H,25,26)/b16-11-/t14-/m0/s1. The van der Waals surface area contributed by atoms with Crippen molar-refractivity contribution < 1.29 is 24.2 Å². The van der Waals surface area contributed by atoms with Crippen LogP contribution in [0, 0.1) is 18.3 Å². The third-order valence-corrected chi connectivity index (χ3v) is 3.85. The number of aliphatic carboxylic acids is 1. The second kappa shape index (κ2) is 9.24. The summed E-state index contributed by atoms with van der Waals surface area (Å²) in [7, 11) is 1.41. The van der Waals surface area contributed by atoms with Crippen molar-refractivity contribution in [2.24, 2.45) is 0 Å². The molecule has 0 radical (unpaired) electrons. The average molecular weight is 380 g/mol. The van der Waals surface area contributed by atoms with Gasteiger partial charge < -0.3 is 19.9 Å². The molecule has 0 saturated heterocycles. The Morgan fingerprint density at radius 1 is 1.21 bits per heavy atom. The molecule has 0 aliphatic carbocycles. The van der Waals surface area contributed by atoms with Crippen LogP contribution in [0.5, 0.6) is 11.5 Å². The maximum absolute atomic E-state index is 12.5. The number of carbonyl (C=O) groups excluding carboxylic acids is 1. The van der Waals surface area contributed by atoms with Crippen molar-refractivity contribution in [1.82, 2.24) is 0 Å². The van der Waals surface area contributed by atoms with Gasteiger partial charge in [-0.05, 0) is 38.1 Å². The number of ether oxygens (including phenoxy) is 2. The number of benzene rings is 2. The Bertz CT molecular complexity index is 942. The highest BCUT2D eigenvalue weighted by molar-refractivity contribution is 6.09. The molecular weight excluding hydrogens is 360 g/mol. The number of aryl methyl sites for hydroxylation is 1. The van der Waals surface area contributed by atoms with E-state index in [9.17, 15) is 14.9 Å². The first kappa shape index (κ1) is 20.5. The lowest BCUT2D eigenvalue weighted by molar-refractivity contribution is -0.144. The SMILES string of the molecule is COc1cccc(/C=C(/C#N)C(=O)Nc2ccc(C)cc2)c1O[C@@H](C)C(=O)O. The first-order valence-corrected chi connectivity index (χ1v) is 8.42. The van der Waals surface area contributed by atoms with E-state index >= 15 is 0 Å². The highest BCUT2D eigenvalue weighted by Crippen LogP contribution is 2.33. The highest BCUT2D eigenvalue weighted by Gasteiger charge is 2.19. The number of carboxylic acid groups (broad SMARTS) is 1. The van der Waals surface area contributed by atoms with E-state index in [4.69, 9.17) is 14.6 Å². The van der Waals surface area contributed by atoms with Crippen LogP contribution in [0.25, 0.3) is 6.08 Å². The van der Waals surface area contributed by atoms with Crippen LogP contribution in [0.4, 0.5) is 5.69 Å². The van der Waals surface area contributed by atoms with Crippen LogP contribution in [0.3, 0.4) is 0 Å². The normalized spacial score (nSPS) is 11.9. The lowest BCUT2D eigenvalue weighted by atomic mass is 10.1. The Morgan fingerprint density at radius 2 is 1.89 bits per heavy atom. The minimum Gasteiger partial charge on any atom is -0.493 e. The van der Waals surface area contributed by atoms with E-state index in [1.54, 1.807) is 30.3 Å². The molecule has 2 aromatic rings. The summed E-state index contributed by atoms with van der Waals surface area (Å²) in [6.07, 6.45) is 0.186. The molecule has 2 N–H and O–H groups in total. The smallest absolute Gasteiger partial charge is 0.344 e. The molecule has 0 fully saturated rings. The molecular formula is C21H20N2O5. The van der Waals surface area contributed by atoms with Crippen molar-refractivity contribution in [2.75, 3.05) is 12.4 Å². The molecule has 7 nitrogen and oxygen atoms in total. The number of carbonyl (C=O) groups is 2. The molecule has 1 atom stereocenters. The van der Waals surface area contributed by atoms with Gasteiger partial charge in [-0.3, -0.25) is 4.79 Å². The van der Waals surface area contributed by atoms with E-state index in [0.717, 1.165) is 5.56 Å². The van der Waals surface area contributed by atoms with Crippen LogP contribution >= 0.6 is 0 Å². The maximum atomic E-state index is 12.5. The van der Waals surface area contributed by atoms with Gasteiger partial charge in [-0.25, -0.2) is 4.79 Å². The summed E-state index contributed by atoms with van der Waals surface area (Å²) >= 11 is 0. The van der Waals surface area contributed by atoms with Gasteiger partial charge in [0.1, 0.15) is 11.6 Å². The Hall–Kier alpha value is -3.79. The van der Waals surface area contributed by atoms with E-state index < -0.39 is 18.0 Å². The zero-order chi connectivity index (χ0) is 20.7. The summed E-state index contributed by atoms with van der Waals surface area (Å²) < 4.78 is 10.7. The van der Waals surface area contributed by atoms with Crippen LogP contribution in [0.2, 0.25) is 0 Å². The molecule has 7 heteroatoms. The van der Waals surface area contributed by atoms with Crippen molar-refractivity contribution in [3.8, 4) is 17.6 Å². The van der Waals surface area contributed by atoms with Gasteiger partial charge in [-0.15, -0.1) is 0 Å². The van der Waals surface area contributed by atoms with E-state index in [-0.39, 0.29) is 17.1 Å². The fraction of sp³-hybridized carbons (Fsp3) is 0.190. The molecule has 0 heterocycles. The lowest BCUT2D eigenvalue weighted by Gasteiger charge is -2.16. The second-order valence-corrected chi connectivity index (χ2v) is 5.97. The van der Waals surface area contributed by atoms with Gasteiger partial charge in [-0.1, -0.05) is 29.8 Å². The predicted molar refractivity (Wildman–Crippen MR) is 104 cm³/mol. The molecule has 0 saturated carbocycles. The van der Waals surface area contributed by atoms with Gasteiger partial charge >= 0.3 is 5.97 Å². The molecule has 2 rings (SSSR count). The molecule has 2 aromatic carbocycles. The third kappa shape index (κ3) is 5.11. The zero-order valence-electron chi connectivity index (χ0n) is 15.7. The largest absolute Gasteiger partial charge is 0.493 e. The number of nitriles is 1. The molecule has 0 aliphatic heterocycles. The average Bonchev–Trinajstić information content (AvgIpc) is 2.68. The number of nitrogens with zero attached hydrogens (tertiary/aromatic N) is 1. The number of carboxylic acids is 1. The Morgan fingerprint density at radius 3 is 2.46 bits per heavy atom. The molecule has 0 spiro atoms. The Labute approximate surface area is 162 Å². The maximum Gasteiger partial charge on any atom is 0.344 e. The number of para-hydroxylation sites is 1. The highest BCUT2D eigenvalue weighted by atomic mass is 16.5. The lowest BCUT2D eigenvalue weighted by Crippen LogP contribution is -2.23. The van der Waals surface area contributed by atoms with E-state index in [1.165, 1.54) is 20.1 Å². The summed E-state index contributed by atoms with van der Waals surface area (Å²) in [4.78, 5) is 23.6. The number of amides is 1. The number of nitrogens with one attached hydrogen (secondary N) is 1. The fourth-order valence-electron chi connectivity index (χ4n) is 2.30. The Kier molecular flexibility index (Phi) is 6.77. The van der Waals surface area contributed by atoms with E-state index in [2.05, 4.69) is 5.32 Å². The molecule has 144 valence electrons. The van der Waals surface area contributed by atoms with Gasteiger partial charge in [0, 0.05) is 11.3 Å². The first-order valence-electron chi connectivity index (χ1n) is 8.42. The summed E-state index contributed by atoms with van der Waals surface area (Å²) in [6, 6.07) is 13.9. The molecule has 0 bridgehead atoms. The van der Waals surface area contributed by atoms with Gasteiger partial charge in [0.25, 0.3) is 5.91 Å². The monoisotopic (exact) mass is 380 g/mol. The van der Waals surface area contributed by atoms with Gasteiger partial charge in [0.2, 0.25) is 0 Å². The number of hydrogen-bond acceptors (Lipinski definition) is 5. The van der Waals surface area contributed by atoms with Crippen LogP contribution in [0.15, 0.2) is 48.0 Å². The summed E-state index contributed by atoms with van der Waals surface area (Å²) in [5, 5.41) is 21.2. The topological polar surface area (TPSA) is 109 Å². The van der Waals surface area contributed by atoms with Crippen molar-refractivity contribution in [2.45, 2.75) is 20.0 Å². The minimum atomic E-state index is -1.15. The minimum absolute atomic E-state index is 0.135. The quantitative estimate of drug-likeness (QED) is 0.563. The van der Waals surface area contributed by atoms with E-state index in [1.807, 2.05) is 25.1 Å². The van der Waals surface area contributed by atoms with Crippen LogP contribution in [0.1, 0.15) is 18.1 Å². The van der Waals surface area contributed by atoms with Crippen LogP contribution in [-0.2, 0) is 9.59 Å². The van der Waals surface area contributed by atoms with Gasteiger partial charge in [-0.2, -0.15) is 5.26 Å². The number of anilines is 1. The van der Waals surface area contributed by atoms with Gasteiger partial charge in [0.05, 0.1) is 7.11 Å². The van der Waals surface area contributed by atoms with Crippen LogP contribution in [-0.4, -0.2) is 30.2 Å². The van der Waals surface area contributed by atoms with Crippen LogP contribution < -0.4 is 14.8 Å². The number of rotatable bonds is 7. The second-order valence-electron chi connectivity index (χ2n) is 5.97.